The molecule has 19 heavy (non-hydrogen) atoms. The minimum atomic E-state index is 0.183. The van der Waals surface area contributed by atoms with Crippen molar-refractivity contribution < 1.29 is 0 Å². The summed E-state index contributed by atoms with van der Waals surface area (Å²) in [6.07, 6.45) is 2.75. The molecular weight excluding hydrogens is 236 g/mol. The lowest BCUT2D eigenvalue weighted by Crippen LogP contribution is -2.11. The molecule has 0 aliphatic heterocycles. The Labute approximate surface area is 111 Å². The van der Waals surface area contributed by atoms with E-state index >= 15 is 0 Å². The summed E-state index contributed by atoms with van der Waals surface area (Å²) in [5.74, 6) is 0.882. The summed E-state index contributed by atoms with van der Waals surface area (Å²) in [7, 11) is 0. The SMILES string of the molecule is CCC(Nc1ccccn1)c1[nH]nc2ccccc12. The van der Waals surface area contributed by atoms with E-state index < -0.39 is 0 Å². The van der Waals surface area contributed by atoms with Crippen LogP contribution in [0.2, 0.25) is 0 Å². The van der Waals surface area contributed by atoms with Gasteiger partial charge in [0.25, 0.3) is 0 Å². The standard InChI is InChI=1S/C15H16N4/c1-2-12(17-14-9-5-6-10-16-14)15-11-7-3-4-8-13(11)18-19-15/h3-10,12H,2H2,1H3,(H,16,17)(H,18,19). The Hall–Kier alpha value is -2.36. The van der Waals surface area contributed by atoms with Gasteiger partial charge in [0.05, 0.1) is 17.3 Å². The van der Waals surface area contributed by atoms with Gasteiger partial charge in [0.2, 0.25) is 0 Å². The Balaban J connectivity index is 1.94. The quantitative estimate of drug-likeness (QED) is 0.747. The van der Waals surface area contributed by atoms with Crippen LogP contribution in [0.15, 0.2) is 48.7 Å². The molecule has 4 nitrogen and oxygen atoms in total. The van der Waals surface area contributed by atoms with Gasteiger partial charge in [-0.05, 0) is 24.6 Å². The molecule has 1 aromatic carbocycles. The summed E-state index contributed by atoms with van der Waals surface area (Å²) in [6, 6.07) is 14.2. The Kier molecular flexibility index (Phi) is 3.14. The summed E-state index contributed by atoms with van der Waals surface area (Å²) in [5, 5.41) is 12.1. The van der Waals surface area contributed by atoms with Gasteiger partial charge in [0.15, 0.2) is 0 Å². The molecule has 0 aliphatic carbocycles. The molecule has 0 spiro atoms. The molecule has 0 saturated heterocycles. The van der Waals surface area contributed by atoms with Crippen LogP contribution in [0.25, 0.3) is 10.9 Å². The normalized spacial score (nSPS) is 12.5. The highest BCUT2D eigenvalue weighted by molar-refractivity contribution is 5.81. The van der Waals surface area contributed by atoms with E-state index in [1.54, 1.807) is 6.20 Å². The lowest BCUT2D eigenvalue weighted by Gasteiger charge is -2.16. The zero-order valence-corrected chi connectivity index (χ0v) is 10.8. The third-order valence-corrected chi connectivity index (χ3v) is 3.23. The summed E-state index contributed by atoms with van der Waals surface area (Å²) in [5.41, 5.74) is 2.11. The van der Waals surface area contributed by atoms with Gasteiger partial charge in [-0.15, -0.1) is 0 Å². The number of hydrogen-bond acceptors (Lipinski definition) is 3. The van der Waals surface area contributed by atoms with Crippen LogP contribution in [0, 0.1) is 0 Å². The van der Waals surface area contributed by atoms with Crippen LogP contribution < -0.4 is 5.32 Å². The maximum Gasteiger partial charge on any atom is 0.126 e. The van der Waals surface area contributed by atoms with Crippen molar-refractivity contribution in [3.63, 3.8) is 0 Å². The van der Waals surface area contributed by atoms with Crippen LogP contribution in [-0.2, 0) is 0 Å². The molecule has 3 rings (SSSR count). The van der Waals surface area contributed by atoms with Gasteiger partial charge in [-0.25, -0.2) is 4.98 Å². The number of para-hydroxylation sites is 1. The van der Waals surface area contributed by atoms with Crippen LogP contribution in [0.3, 0.4) is 0 Å². The molecule has 0 saturated carbocycles. The van der Waals surface area contributed by atoms with Gasteiger partial charge < -0.3 is 5.32 Å². The zero-order chi connectivity index (χ0) is 13.1. The smallest absolute Gasteiger partial charge is 0.126 e. The van der Waals surface area contributed by atoms with E-state index in [1.807, 2.05) is 36.4 Å². The van der Waals surface area contributed by atoms with E-state index in [1.165, 1.54) is 0 Å². The molecule has 3 aromatic rings. The molecular formula is C15H16N4. The van der Waals surface area contributed by atoms with Gasteiger partial charge in [-0.3, -0.25) is 5.10 Å². The van der Waals surface area contributed by atoms with E-state index in [0.717, 1.165) is 28.8 Å². The van der Waals surface area contributed by atoms with Gasteiger partial charge in [-0.2, -0.15) is 5.10 Å². The van der Waals surface area contributed by atoms with Crippen molar-refractivity contribution in [2.75, 3.05) is 5.32 Å². The summed E-state index contributed by atoms with van der Waals surface area (Å²) in [6.45, 7) is 2.15. The third-order valence-electron chi connectivity index (χ3n) is 3.23. The van der Waals surface area contributed by atoms with E-state index in [-0.39, 0.29) is 6.04 Å². The van der Waals surface area contributed by atoms with Crippen molar-refractivity contribution in [2.24, 2.45) is 0 Å². The molecule has 2 N–H and O–H groups in total. The average molecular weight is 252 g/mol. The minimum Gasteiger partial charge on any atom is -0.362 e. The molecule has 0 bridgehead atoms. The molecule has 0 amide bonds. The maximum absolute atomic E-state index is 4.34. The second kappa shape index (κ2) is 5.10. The number of benzene rings is 1. The number of nitrogens with one attached hydrogen (secondary N) is 2. The highest BCUT2D eigenvalue weighted by Crippen LogP contribution is 2.26. The Bertz CT molecular complexity index is 660. The van der Waals surface area contributed by atoms with Gasteiger partial charge >= 0.3 is 0 Å². The van der Waals surface area contributed by atoms with E-state index in [9.17, 15) is 0 Å². The lowest BCUT2D eigenvalue weighted by atomic mass is 10.1. The van der Waals surface area contributed by atoms with Crippen LogP contribution in [0.4, 0.5) is 5.82 Å². The predicted octanol–water partition coefficient (Wildman–Crippen LogP) is 3.52. The van der Waals surface area contributed by atoms with Crippen LogP contribution in [0.5, 0.6) is 0 Å². The monoisotopic (exact) mass is 252 g/mol. The molecule has 1 unspecified atom stereocenters. The van der Waals surface area contributed by atoms with Crippen molar-refractivity contribution in [1.82, 2.24) is 15.2 Å². The van der Waals surface area contributed by atoms with Crippen molar-refractivity contribution in [2.45, 2.75) is 19.4 Å². The van der Waals surface area contributed by atoms with Gasteiger partial charge in [0, 0.05) is 11.6 Å². The minimum absolute atomic E-state index is 0.183. The Morgan fingerprint density at radius 2 is 2.00 bits per heavy atom. The molecule has 2 aromatic heterocycles. The molecule has 1 atom stereocenters. The van der Waals surface area contributed by atoms with Crippen LogP contribution in [-0.4, -0.2) is 15.2 Å². The average Bonchev–Trinajstić information content (AvgIpc) is 2.90. The molecule has 2 heterocycles. The number of fused-ring (bicyclic) bond motifs is 1. The van der Waals surface area contributed by atoms with Crippen molar-refractivity contribution in [3.8, 4) is 0 Å². The molecule has 0 radical (unpaired) electrons. The first-order valence-electron chi connectivity index (χ1n) is 6.49. The number of hydrogen-bond donors (Lipinski definition) is 2. The summed E-state index contributed by atoms with van der Waals surface area (Å²) >= 11 is 0. The lowest BCUT2D eigenvalue weighted by molar-refractivity contribution is 0.719. The topological polar surface area (TPSA) is 53.6 Å². The van der Waals surface area contributed by atoms with Crippen molar-refractivity contribution in [3.05, 3.63) is 54.4 Å². The van der Waals surface area contributed by atoms with E-state index in [2.05, 4.69) is 33.5 Å². The highest BCUT2D eigenvalue weighted by atomic mass is 15.1. The second-order valence-electron chi connectivity index (χ2n) is 4.47. The molecule has 0 fully saturated rings. The van der Waals surface area contributed by atoms with Crippen LogP contribution >= 0.6 is 0 Å². The molecule has 0 aliphatic rings. The van der Waals surface area contributed by atoms with E-state index in [4.69, 9.17) is 0 Å². The highest BCUT2D eigenvalue weighted by Gasteiger charge is 2.15. The maximum atomic E-state index is 4.34. The van der Waals surface area contributed by atoms with Gasteiger partial charge in [0.1, 0.15) is 5.82 Å². The second-order valence-corrected chi connectivity index (χ2v) is 4.47. The largest absolute Gasteiger partial charge is 0.362 e. The Morgan fingerprint density at radius 1 is 1.16 bits per heavy atom. The number of H-pyrrole nitrogens is 1. The van der Waals surface area contributed by atoms with Crippen molar-refractivity contribution >= 4 is 16.7 Å². The van der Waals surface area contributed by atoms with Crippen molar-refractivity contribution in [1.29, 1.82) is 0 Å². The number of aromatic nitrogens is 3. The summed E-state index contributed by atoms with van der Waals surface area (Å²) < 4.78 is 0. The number of nitrogens with zero attached hydrogens (tertiary/aromatic N) is 2. The Morgan fingerprint density at radius 3 is 2.79 bits per heavy atom. The summed E-state index contributed by atoms with van der Waals surface area (Å²) in [4.78, 5) is 4.31. The first-order valence-corrected chi connectivity index (χ1v) is 6.49. The number of pyridine rings is 1. The molecule has 4 heteroatoms. The van der Waals surface area contributed by atoms with Crippen LogP contribution in [0.1, 0.15) is 25.1 Å². The fourth-order valence-corrected chi connectivity index (χ4v) is 2.25. The molecule has 96 valence electrons. The first-order chi connectivity index (χ1) is 9.38. The van der Waals surface area contributed by atoms with E-state index in [0.29, 0.717) is 0 Å². The fraction of sp³-hybridized carbons (Fsp3) is 0.200. The predicted molar refractivity (Wildman–Crippen MR) is 77.0 cm³/mol. The number of aromatic amines is 1. The fourth-order valence-electron chi connectivity index (χ4n) is 2.25. The third kappa shape index (κ3) is 2.29. The number of rotatable bonds is 4. The number of anilines is 1. The van der Waals surface area contributed by atoms with Gasteiger partial charge in [-0.1, -0.05) is 31.2 Å². The first kappa shape index (κ1) is 11.7. The zero-order valence-electron chi connectivity index (χ0n) is 10.8.